The average molecular weight is 507 g/mol. The van der Waals surface area contributed by atoms with Crippen molar-refractivity contribution in [3.63, 3.8) is 0 Å². The zero-order chi connectivity index (χ0) is 27.3. The number of aromatic hydroxyl groups is 1. The molecule has 1 N–H and O–H groups in total. The van der Waals surface area contributed by atoms with Gasteiger partial charge in [-0.25, -0.2) is 4.79 Å². The van der Waals surface area contributed by atoms with Gasteiger partial charge in [0.1, 0.15) is 28.8 Å². The van der Waals surface area contributed by atoms with Gasteiger partial charge >= 0.3 is 5.97 Å². The van der Waals surface area contributed by atoms with Gasteiger partial charge in [-0.05, 0) is 97.6 Å². The third-order valence-corrected chi connectivity index (χ3v) is 9.26. The summed E-state index contributed by atoms with van der Waals surface area (Å²) in [4.78, 5) is 13.8. The summed E-state index contributed by atoms with van der Waals surface area (Å²) in [5.41, 5.74) is 4.63. The second-order valence-corrected chi connectivity index (χ2v) is 13.3. The minimum atomic E-state index is -0.485. The molecule has 1 aromatic carbocycles. The van der Waals surface area contributed by atoms with Crippen LogP contribution >= 0.6 is 0 Å². The van der Waals surface area contributed by atoms with Gasteiger partial charge in [-0.15, -0.1) is 0 Å². The summed E-state index contributed by atoms with van der Waals surface area (Å²) in [7, 11) is 0. The third-order valence-electron chi connectivity index (χ3n) is 9.26. The molecular weight excluding hydrogens is 460 g/mol. The van der Waals surface area contributed by atoms with Crippen LogP contribution < -0.4 is 4.74 Å². The number of phenols is 1. The van der Waals surface area contributed by atoms with Gasteiger partial charge in [0.15, 0.2) is 0 Å². The van der Waals surface area contributed by atoms with Gasteiger partial charge in [0, 0.05) is 22.0 Å². The number of benzene rings is 1. The van der Waals surface area contributed by atoms with Crippen molar-refractivity contribution in [3.05, 3.63) is 57.7 Å². The molecule has 1 aliphatic heterocycles. The molecule has 1 heterocycles. The fourth-order valence-corrected chi connectivity index (χ4v) is 7.03. The van der Waals surface area contributed by atoms with Crippen molar-refractivity contribution in [1.82, 2.24) is 0 Å². The Morgan fingerprint density at radius 2 is 1.81 bits per heavy atom. The Bertz CT molecular complexity index is 1170. The summed E-state index contributed by atoms with van der Waals surface area (Å²) in [5, 5.41) is 11.5. The lowest BCUT2D eigenvalue weighted by Crippen LogP contribution is -2.43. The summed E-state index contributed by atoms with van der Waals surface area (Å²) in [6.07, 6.45) is 13.6. The minimum Gasteiger partial charge on any atom is -0.507 e. The van der Waals surface area contributed by atoms with E-state index in [1.54, 1.807) is 0 Å². The van der Waals surface area contributed by atoms with Crippen molar-refractivity contribution in [1.29, 1.82) is 0 Å². The van der Waals surface area contributed by atoms with E-state index in [9.17, 15) is 9.90 Å². The van der Waals surface area contributed by atoms with Crippen LogP contribution in [0.25, 0.3) is 0 Å². The molecule has 202 valence electrons. The number of rotatable bonds is 6. The maximum Gasteiger partial charge on any atom is 0.342 e. The average Bonchev–Trinajstić information content (AvgIpc) is 3.27. The first-order chi connectivity index (χ1) is 17.2. The van der Waals surface area contributed by atoms with Gasteiger partial charge in [-0.1, -0.05) is 50.1 Å². The third kappa shape index (κ3) is 5.01. The number of hydrogen-bond donors (Lipinski definition) is 1. The zero-order valence-electron chi connectivity index (χ0n) is 24.4. The molecule has 3 aliphatic rings. The van der Waals surface area contributed by atoms with Gasteiger partial charge in [-0.3, -0.25) is 0 Å². The van der Waals surface area contributed by atoms with Gasteiger partial charge in [0.2, 0.25) is 0 Å². The van der Waals surface area contributed by atoms with Gasteiger partial charge in [-0.2, -0.15) is 0 Å². The highest BCUT2D eigenvalue weighted by Gasteiger charge is 2.61. The summed E-state index contributed by atoms with van der Waals surface area (Å²) < 4.78 is 13.0. The zero-order valence-corrected chi connectivity index (χ0v) is 24.4. The summed E-state index contributed by atoms with van der Waals surface area (Å²) in [6, 6.07) is 0. The van der Waals surface area contributed by atoms with E-state index in [1.165, 1.54) is 17.6 Å². The monoisotopic (exact) mass is 506 g/mol. The molecule has 2 bridgehead atoms. The molecule has 0 unspecified atom stereocenters. The Labute approximate surface area is 223 Å². The fraction of sp³-hybridized carbons (Fsp3) is 0.606. The van der Waals surface area contributed by atoms with Gasteiger partial charge in [0.05, 0.1) is 0 Å². The number of esters is 1. The van der Waals surface area contributed by atoms with Crippen LogP contribution in [0.15, 0.2) is 35.5 Å². The maximum atomic E-state index is 13.8. The molecule has 4 rings (SSSR count). The molecule has 0 amide bonds. The number of allylic oxidation sites excluding steroid dienone is 5. The lowest BCUT2D eigenvalue weighted by molar-refractivity contribution is -0.0586. The van der Waals surface area contributed by atoms with E-state index in [0.717, 1.165) is 36.0 Å². The second kappa shape index (κ2) is 9.67. The molecule has 2 fully saturated rings. The van der Waals surface area contributed by atoms with E-state index in [2.05, 4.69) is 73.6 Å². The second-order valence-electron chi connectivity index (χ2n) is 13.3. The molecule has 2 saturated carbocycles. The number of hydrogen-bond acceptors (Lipinski definition) is 4. The number of ether oxygens (including phenoxy) is 2. The van der Waals surface area contributed by atoms with Crippen molar-refractivity contribution in [2.75, 3.05) is 0 Å². The predicted molar refractivity (Wildman–Crippen MR) is 150 cm³/mol. The van der Waals surface area contributed by atoms with E-state index >= 15 is 0 Å². The SMILES string of the molecule is CC(C)=C/C=C/[C@]1(C)CCc2c(O)c(C(=O)O[C@H]3C(C)(C)[C@H]4CC[C@]3(C)C4)c(C)c(CC=C(C)C)c2O1. The van der Waals surface area contributed by atoms with Crippen molar-refractivity contribution in [2.24, 2.45) is 16.7 Å². The van der Waals surface area contributed by atoms with Crippen molar-refractivity contribution in [3.8, 4) is 11.5 Å². The Morgan fingerprint density at radius 1 is 1.11 bits per heavy atom. The first-order valence-corrected chi connectivity index (χ1v) is 13.9. The van der Waals surface area contributed by atoms with E-state index in [1.807, 2.05) is 13.0 Å². The van der Waals surface area contributed by atoms with E-state index in [-0.39, 0.29) is 22.7 Å². The van der Waals surface area contributed by atoms with Crippen LogP contribution in [0, 0.1) is 23.7 Å². The van der Waals surface area contributed by atoms with Crippen LogP contribution in [0.4, 0.5) is 0 Å². The Hall–Kier alpha value is -2.49. The summed E-state index contributed by atoms with van der Waals surface area (Å²) in [6.45, 7) is 19.0. The first-order valence-electron chi connectivity index (χ1n) is 13.9. The fourth-order valence-electron chi connectivity index (χ4n) is 7.03. The highest BCUT2D eigenvalue weighted by molar-refractivity contribution is 5.96. The van der Waals surface area contributed by atoms with Crippen molar-refractivity contribution < 1.29 is 19.4 Å². The molecular formula is C33H46O4. The molecule has 0 aromatic heterocycles. The topological polar surface area (TPSA) is 55.8 Å². The van der Waals surface area contributed by atoms with E-state index in [0.29, 0.717) is 30.1 Å². The molecule has 4 atom stereocenters. The molecule has 0 spiro atoms. The Balaban J connectivity index is 1.75. The summed E-state index contributed by atoms with van der Waals surface area (Å²) in [5.74, 6) is 0.916. The maximum absolute atomic E-state index is 13.8. The molecule has 0 saturated heterocycles. The van der Waals surface area contributed by atoms with Crippen molar-refractivity contribution in [2.45, 2.75) is 113 Å². The molecule has 4 heteroatoms. The van der Waals surface area contributed by atoms with Crippen LogP contribution in [-0.2, 0) is 17.6 Å². The van der Waals surface area contributed by atoms with Crippen LogP contribution in [0.2, 0.25) is 0 Å². The minimum absolute atomic E-state index is 0.00893. The number of phenolic OH excluding ortho intramolecular Hbond substituents is 1. The first kappa shape index (κ1) is 27.5. The standard InChI is InChI=1S/C33H46O4/c1-20(2)11-10-16-33(9)18-15-25-27(34)26(22(5)24(28(25)37-33)13-12-21(3)4)29(35)36-30-31(6,7)23-14-17-32(30,8)19-23/h10-12,16,23,30,34H,13-15,17-19H2,1-9H3/b16-10+/t23-,30-,32+,33+/m0/s1. The predicted octanol–water partition coefficient (Wildman–Crippen LogP) is 8.19. The van der Waals surface area contributed by atoms with Crippen molar-refractivity contribution >= 4 is 5.97 Å². The molecule has 1 aromatic rings. The normalized spacial score (nSPS) is 29.5. The molecule has 37 heavy (non-hydrogen) atoms. The van der Waals surface area contributed by atoms with Crippen LogP contribution in [0.3, 0.4) is 0 Å². The number of fused-ring (bicyclic) bond motifs is 3. The van der Waals surface area contributed by atoms with Crippen LogP contribution in [-0.4, -0.2) is 22.8 Å². The lowest BCUT2D eigenvalue weighted by atomic mass is 9.70. The molecule has 4 nitrogen and oxygen atoms in total. The smallest absolute Gasteiger partial charge is 0.342 e. The lowest BCUT2D eigenvalue weighted by Gasteiger charge is -2.42. The molecule has 2 aliphatic carbocycles. The Kier molecular flexibility index (Phi) is 7.20. The van der Waals surface area contributed by atoms with Gasteiger partial charge in [0.25, 0.3) is 0 Å². The number of carbonyl (C=O) groups excluding carboxylic acids is 1. The van der Waals surface area contributed by atoms with Crippen LogP contribution in [0.5, 0.6) is 11.5 Å². The quantitative estimate of drug-likeness (QED) is 0.240. The largest absolute Gasteiger partial charge is 0.507 e. The van der Waals surface area contributed by atoms with E-state index < -0.39 is 11.6 Å². The summed E-state index contributed by atoms with van der Waals surface area (Å²) >= 11 is 0. The van der Waals surface area contributed by atoms with Gasteiger partial charge < -0.3 is 14.6 Å². The highest BCUT2D eigenvalue weighted by Crippen LogP contribution is 2.63. The molecule has 0 radical (unpaired) electrons. The van der Waals surface area contributed by atoms with E-state index in [4.69, 9.17) is 9.47 Å². The number of carbonyl (C=O) groups is 1. The van der Waals surface area contributed by atoms with Crippen LogP contribution in [0.1, 0.15) is 108 Å². The Morgan fingerprint density at radius 3 is 2.41 bits per heavy atom. The highest BCUT2D eigenvalue weighted by atomic mass is 16.5.